The van der Waals surface area contributed by atoms with Crippen molar-refractivity contribution >= 4 is 29.0 Å². The predicted molar refractivity (Wildman–Crippen MR) is 141 cm³/mol. The van der Waals surface area contributed by atoms with Crippen LogP contribution in [0, 0.1) is 6.92 Å². The fraction of sp³-hybridized carbons (Fsp3) is 0.241. The van der Waals surface area contributed by atoms with Gasteiger partial charge in [-0.1, -0.05) is 68.4 Å². The molecule has 0 radical (unpaired) electrons. The fourth-order valence-electron chi connectivity index (χ4n) is 3.77. The topological polar surface area (TPSA) is 55.8 Å². The number of ether oxygens (including phenoxy) is 2. The number of hydrogen-bond acceptors (Lipinski definition) is 5. The lowest BCUT2D eigenvalue weighted by molar-refractivity contribution is -0.123. The molecule has 180 valence electrons. The maximum absolute atomic E-state index is 12.9. The van der Waals surface area contributed by atoms with Crippen LogP contribution in [-0.4, -0.2) is 29.2 Å². The van der Waals surface area contributed by atoms with Gasteiger partial charge in [0.25, 0.3) is 11.1 Å². The second kappa shape index (κ2) is 11.3. The van der Waals surface area contributed by atoms with E-state index in [1.807, 2.05) is 67.6 Å². The molecule has 0 bridgehead atoms. The van der Waals surface area contributed by atoms with Gasteiger partial charge in [0.2, 0.25) is 0 Å². The van der Waals surface area contributed by atoms with Crippen LogP contribution in [0.15, 0.2) is 77.7 Å². The van der Waals surface area contributed by atoms with Gasteiger partial charge < -0.3 is 9.47 Å². The van der Waals surface area contributed by atoms with E-state index in [1.54, 1.807) is 6.08 Å². The molecule has 5 nitrogen and oxygen atoms in total. The zero-order valence-electron chi connectivity index (χ0n) is 20.2. The molecule has 1 heterocycles. The van der Waals surface area contributed by atoms with Gasteiger partial charge in [-0.15, -0.1) is 0 Å². The molecular formula is C29H29NO4S. The number of amides is 2. The van der Waals surface area contributed by atoms with Gasteiger partial charge in [0.1, 0.15) is 24.7 Å². The maximum Gasteiger partial charge on any atom is 0.293 e. The summed E-state index contributed by atoms with van der Waals surface area (Å²) in [5.74, 6) is 1.52. The molecule has 0 atom stereocenters. The van der Waals surface area contributed by atoms with Gasteiger partial charge in [0.05, 0.1) is 11.4 Å². The molecule has 0 aliphatic carbocycles. The SMILES string of the molecule is Cc1ccc(C(C)C)c(OCCN2C(=O)S/C(=C\c3cccc(OCc4ccccc4)c3)C2=O)c1. The summed E-state index contributed by atoms with van der Waals surface area (Å²) in [5, 5.41) is -0.283. The Morgan fingerprint density at radius 3 is 2.51 bits per heavy atom. The summed E-state index contributed by atoms with van der Waals surface area (Å²) in [6.45, 7) is 7.14. The minimum Gasteiger partial charge on any atom is -0.491 e. The third-order valence-corrected chi connectivity index (χ3v) is 6.55. The van der Waals surface area contributed by atoms with Crippen molar-refractivity contribution in [3.8, 4) is 11.5 Å². The minimum absolute atomic E-state index is 0.202. The lowest BCUT2D eigenvalue weighted by atomic mass is 10.0. The van der Waals surface area contributed by atoms with E-state index in [0.29, 0.717) is 23.2 Å². The number of rotatable bonds is 9. The van der Waals surface area contributed by atoms with E-state index in [1.165, 1.54) is 4.90 Å². The number of nitrogens with zero attached hydrogens (tertiary/aromatic N) is 1. The molecule has 3 aromatic rings. The van der Waals surface area contributed by atoms with Crippen LogP contribution in [0.2, 0.25) is 0 Å². The molecule has 0 unspecified atom stereocenters. The first-order chi connectivity index (χ1) is 16.9. The molecular weight excluding hydrogens is 458 g/mol. The Bertz CT molecular complexity index is 1240. The molecule has 0 saturated carbocycles. The van der Waals surface area contributed by atoms with Crippen LogP contribution in [-0.2, 0) is 11.4 Å². The van der Waals surface area contributed by atoms with Gasteiger partial charge in [-0.3, -0.25) is 14.5 Å². The van der Waals surface area contributed by atoms with Crippen molar-refractivity contribution in [3.05, 3.63) is 100.0 Å². The highest BCUT2D eigenvalue weighted by Crippen LogP contribution is 2.33. The van der Waals surface area contributed by atoms with Crippen LogP contribution in [0.25, 0.3) is 6.08 Å². The maximum atomic E-state index is 12.9. The van der Waals surface area contributed by atoms with Crippen LogP contribution in [0.5, 0.6) is 11.5 Å². The van der Waals surface area contributed by atoms with Crippen LogP contribution < -0.4 is 9.47 Å². The van der Waals surface area contributed by atoms with Crippen LogP contribution in [0.4, 0.5) is 4.79 Å². The van der Waals surface area contributed by atoms with Crippen LogP contribution in [0.1, 0.15) is 42.0 Å². The van der Waals surface area contributed by atoms with Gasteiger partial charge in [0, 0.05) is 0 Å². The number of thioether (sulfide) groups is 1. The van der Waals surface area contributed by atoms with E-state index in [2.05, 4.69) is 26.0 Å². The van der Waals surface area contributed by atoms with E-state index in [9.17, 15) is 9.59 Å². The summed E-state index contributed by atoms with van der Waals surface area (Å²) in [7, 11) is 0. The Morgan fingerprint density at radius 1 is 0.943 bits per heavy atom. The average molecular weight is 488 g/mol. The molecule has 1 aliphatic heterocycles. The molecule has 4 rings (SSSR count). The molecule has 1 saturated heterocycles. The molecule has 1 aliphatic rings. The largest absolute Gasteiger partial charge is 0.491 e. The number of hydrogen-bond donors (Lipinski definition) is 0. The third kappa shape index (κ3) is 6.34. The third-order valence-electron chi connectivity index (χ3n) is 5.64. The average Bonchev–Trinajstić information content (AvgIpc) is 3.11. The molecule has 0 spiro atoms. The van der Waals surface area contributed by atoms with E-state index in [0.717, 1.165) is 39.8 Å². The number of aryl methyl sites for hydroxylation is 1. The summed E-state index contributed by atoms with van der Waals surface area (Å²) in [4.78, 5) is 27.1. The Labute approximate surface area is 210 Å². The van der Waals surface area contributed by atoms with Crippen molar-refractivity contribution < 1.29 is 19.1 Å². The highest BCUT2D eigenvalue weighted by atomic mass is 32.2. The Morgan fingerprint density at radius 2 is 1.74 bits per heavy atom. The quantitative estimate of drug-likeness (QED) is 0.310. The molecule has 35 heavy (non-hydrogen) atoms. The second-order valence-corrected chi connectivity index (χ2v) is 9.72. The van der Waals surface area contributed by atoms with E-state index < -0.39 is 0 Å². The van der Waals surface area contributed by atoms with Crippen molar-refractivity contribution in [1.29, 1.82) is 0 Å². The molecule has 1 fully saturated rings. The minimum atomic E-state index is -0.299. The molecule has 3 aromatic carbocycles. The Hall–Kier alpha value is -3.51. The smallest absolute Gasteiger partial charge is 0.293 e. The highest BCUT2D eigenvalue weighted by molar-refractivity contribution is 8.18. The Balaban J connectivity index is 1.38. The first kappa shape index (κ1) is 24.6. The summed E-state index contributed by atoms with van der Waals surface area (Å²) in [6.07, 6.45) is 1.73. The first-order valence-corrected chi connectivity index (χ1v) is 12.5. The van der Waals surface area contributed by atoms with Gasteiger partial charge in [-0.05, 0) is 71.1 Å². The van der Waals surface area contributed by atoms with Crippen molar-refractivity contribution in [1.82, 2.24) is 4.90 Å². The molecule has 0 N–H and O–H groups in total. The van der Waals surface area contributed by atoms with Crippen LogP contribution >= 0.6 is 11.8 Å². The number of carbonyl (C=O) groups is 2. The predicted octanol–water partition coefficient (Wildman–Crippen LogP) is 6.81. The lowest BCUT2D eigenvalue weighted by Gasteiger charge is -2.17. The zero-order chi connectivity index (χ0) is 24.8. The Kier molecular flexibility index (Phi) is 7.93. The molecule has 2 amide bonds. The van der Waals surface area contributed by atoms with Gasteiger partial charge in [0.15, 0.2) is 0 Å². The van der Waals surface area contributed by atoms with E-state index in [-0.39, 0.29) is 24.3 Å². The highest BCUT2D eigenvalue weighted by Gasteiger charge is 2.34. The summed E-state index contributed by atoms with van der Waals surface area (Å²) < 4.78 is 11.9. The van der Waals surface area contributed by atoms with Gasteiger partial charge >= 0.3 is 0 Å². The summed E-state index contributed by atoms with van der Waals surface area (Å²) in [6, 6.07) is 23.5. The summed E-state index contributed by atoms with van der Waals surface area (Å²) >= 11 is 0.952. The van der Waals surface area contributed by atoms with E-state index >= 15 is 0 Å². The molecule has 0 aromatic heterocycles. The van der Waals surface area contributed by atoms with E-state index in [4.69, 9.17) is 9.47 Å². The van der Waals surface area contributed by atoms with Crippen LogP contribution in [0.3, 0.4) is 0 Å². The number of carbonyl (C=O) groups excluding carboxylic acids is 2. The van der Waals surface area contributed by atoms with Crippen molar-refractivity contribution in [2.75, 3.05) is 13.2 Å². The standard InChI is InChI=1S/C29H29NO4S/c1-20(2)25-13-12-21(3)16-26(25)33-15-14-30-28(31)27(35-29(30)32)18-23-10-7-11-24(17-23)34-19-22-8-5-4-6-9-22/h4-13,16-18,20H,14-15,19H2,1-3H3/b27-18-. The van der Waals surface area contributed by atoms with Crippen molar-refractivity contribution in [2.24, 2.45) is 0 Å². The van der Waals surface area contributed by atoms with Gasteiger partial charge in [-0.2, -0.15) is 0 Å². The second-order valence-electron chi connectivity index (χ2n) is 8.72. The normalized spacial score (nSPS) is 14.7. The fourth-order valence-corrected chi connectivity index (χ4v) is 4.63. The summed E-state index contributed by atoms with van der Waals surface area (Å²) in [5.41, 5.74) is 4.10. The van der Waals surface area contributed by atoms with Gasteiger partial charge in [-0.25, -0.2) is 0 Å². The zero-order valence-corrected chi connectivity index (χ0v) is 21.0. The number of benzene rings is 3. The first-order valence-electron chi connectivity index (χ1n) is 11.7. The molecule has 6 heteroatoms. The monoisotopic (exact) mass is 487 g/mol. The lowest BCUT2D eigenvalue weighted by Crippen LogP contribution is -2.32. The van der Waals surface area contributed by atoms with Crippen molar-refractivity contribution in [2.45, 2.75) is 33.3 Å². The number of imide groups is 1. The van der Waals surface area contributed by atoms with Crippen molar-refractivity contribution in [3.63, 3.8) is 0 Å².